The molecule has 0 saturated carbocycles. The van der Waals surface area contributed by atoms with Gasteiger partial charge in [0, 0.05) is 0 Å². The Morgan fingerprint density at radius 1 is 0.833 bits per heavy atom. The Morgan fingerprint density at radius 3 is 1.63 bits per heavy atom. The molecule has 154 valence electrons. The first kappa shape index (κ1) is 20.8. The van der Waals surface area contributed by atoms with Gasteiger partial charge in [-0.3, -0.25) is 24.0 Å². The Kier molecular flexibility index (Phi) is 6.00. The molecule has 2 aliphatic heterocycles. The monoisotopic (exact) mass is 410 g/mol. The highest BCUT2D eigenvalue weighted by Gasteiger charge is 2.35. The number of carbonyl (C=O) groups excluding carboxylic acids is 5. The first-order chi connectivity index (χ1) is 14.4. The molecular weight excluding hydrogens is 392 g/mol. The zero-order valence-electron chi connectivity index (χ0n) is 16.0. The number of benzene rings is 2. The van der Waals surface area contributed by atoms with E-state index in [1.54, 1.807) is 55.5 Å². The third-order valence-corrected chi connectivity index (χ3v) is 4.31. The van der Waals surface area contributed by atoms with Crippen molar-refractivity contribution in [3.8, 4) is 0 Å². The summed E-state index contributed by atoms with van der Waals surface area (Å²) in [6.45, 7) is 1.71. The van der Waals surface area contributed by atoms with E-state index >= 15 is 0 Å². The van der Waals surface area contributed by atoms with E-state index in [-0.39, 0.29) is 13.2 Å². The number of nitrogens with one attached hydrogen (secondary N) is 1. The van der Waals surface area contributed by atoms with Crippen LogP contribution in [0.25, 0.3) is 0 Å². The summed E-state index contributed by atoms with van der Waals surface area (Å²) in [6, 6.07) is 13.1. The van der Waals surface area contributed by atoms with E-state index in [0.29, 0.717) is 27.3 Å². The number of esters is 1. The zero-order chi connectivity index (χ0) is 21.8. The van der Waals surface area contributed by atoms with Crippen molar-refractivity contribution in [3.05, 3.63) is 70.8 Å². The lowest BCUT2D eigenvalue weighted by molar-refractivity contribution is -0.142. The average Bonchev–Trinajstić information content (AvgIpc) is 3.13. The molecule has 10 nitrogen and oxygen atoms in total. The average molecular weight is 410 g/mol. The zero-order valence-corrected chi connectivity index (χ0v) is 16.0. The Morgan fingerprint density at radius 2 is 1.23 bits per heavy atom. The number of fused-ring (bicyclic) bond motifs is 2. The van der Waals surface area contributed by atoms with Gasteiger partial charge in [-0.25, -0.2) is 21.3 Å². The number of nitrogens with two attached hydrogens (primary N) is 1. The van der Waals surface area contributed by atoms with E-state index in [1.165, 1.54) is 0 Å². The summed E-state index contributed by atoms with van der Waals surface area (Å²) in [6.07, 6.45) is 0. The molecular formula is C20H18N4O6. The maximum atomic E-state index is 11.9. The Balaban J connectivity index is 0.000000184. The fourth-order valence-corrected chi connectivity index (χ4v) is 2.90. The number of amides is 4. The lowest BCUT2D eigenvalue weighted by Gasteiger charge is -2.14. The Labute approximate surface area is 171 Å². The smallest absolute Gasteiger partial charge is 0.321 e. The maximum absolute atomic E-state index is 11.9. The molecule has 30 heavy (non-hydrogen) atoms. The van der Waals surface area contributed by atoms with Crippen molar-refractivity contribution in [1.82, 2.24) is 15.4 Å². The van der Waals surface area contributed by atoms with Gasteiger partial charge in [0.15, 0.2) is 0 Å². The van der Waals surface area contributed by atoms with Crippen LogP contribution >= 0.6 is 0 Å². The SMILES string of the molecule is CCOC(=O)CNN1C(=O)c2ccccc2C1=O.NN1C(=O)c2ccccc2C1=O. The molecule has 2 heterocycles. The molecule has 2 aliphatic rings. The molecule has 0 atom stereocenters. The first-order valence-electron chi connectivity index (χ1n) is 8.96. The number of nitrogens with zero attached hydrogens (tertiary/aromatic N) is 2. The molecule has 0 spiro atoms. The topological polar surface area (TPSA) is 139 Å². The molecule has 0 aliphatic carbocycles. The number of imide groups is 2. The highest BCUT2D eigenvalue weighted by molar-refractivity contribution is 6.21. The molecule has 4 amide bonds. The Hall–Kier alpha value is -3.89. The van der Waals surface area contributed by atoms with Crippen LogP contribution in [-0.4, -0.2) is 52.8 Å². The lowest BCUT2D eigenvalue weighted by Crippen LogP contribution is -2.45. The molecule has 0 radical (unpaired) electrons. The second-order valence-electron chi connectivity index (χ2n) is 6.16. The van der Waals surface area contributed by atoms with E-state index in [4.69, 9.17) is 10.6 Å². The van der Waals surface area contributed by atoms with Gasteiger partial charge in [0.25, 0.3) is 23.6 Å². The number of ether oxygens (including phenoxy) is 1. The van der Waals surface area contributed by atoms with E-state index < -0.39 is 29.6 Å². The molecule has 0 aromatic heterocycles. The number of hydrogen-bond donors (Lipinski definition) is 2. The van der Waals surface area contributed by atoms with E-state index in [0.717, 1.165) is 5.01 Å². The quantitative estimate of drug-likeness (QED) is 0.322. The van der Waals surface area contributed by atoms with Crippen molar-refractivity contribution >= 4 is 29.6 Å². The van der Waals surface area contributed by atoms with Crippen molar-refractivity contribution in [2.75, 3.05) is 13.2 Å². The third kappa shape index (κ3) is 3.81. The van der Waals surface area contributed by atoms with Crippen LogP contribution in [0.4, 0.5) is 0 Å². The van der Waals surface area contributed by atoms with Gasteiger partial charge in [0.2, 0.25) is 0 Å². The van der Waals surface area contributed by atoms with E-state index in [1.807, 2.05) is 0 Å². The lowest BCUT2D eigenvalue weighted by atomic mass is 10.1. The molecule has 2 aromatic rings. The Bertz CT molecular complexity index is 981. The summed E-state index contributed by atoms with van der Waals surface area (Å²) in [5, 5.41) is 1.46. The fourth-order valence-electron chi connectivity index (χ4n) is 2.90. The van der Waals surface area contributed by atoms with Gasteiger partial charge in [-0.15, -0.1) is 0 Å². The van der Waals surface area contributed by atoms with Crippen LogP contribution in [0, 0.1) is 0 Å². The summed E-state index contributed by atoms with van der Waals surface area (Å²) in [5.74, 6) is 2.90. The molecule has 0 unspecified atom stereocenters. The van der Waals surface area contributed by atoms with Crippen molar-refractivity contribution in [2.24, 2.45) is 5.84 Å². The van der Waals surface area contributed by atoms with Crippen LogP contribution in [0.5, 0.6) is 0 Å². The number of hydrazine groups is 2. The second kappa shape index (κ2) is 8.64. The van der Waals surface area contributed by atoms with Crippen LogP contribution in [0.3, 0.4) is 0 Å². The predicted molar refractivity (Wildman–Crippen MR) is 103 cm³/mol. The van der Waals surface area contributed by atoms with Crippen LogP contribution in [0.15, 0.2) is 48.5 Å². The maximum Gasteiger partial charge on any atom is 0.321 e. The number of carbonyl (C=O) groups is 5. The van der Waals surface area contributed by atoms with Crippen molar-refractivity contribution < 1.29 is 28.7 Å². The van der Waals surface area contributed by atoms with Gasteiger partial charge in [-0.05, 0) is 31.2 Å². The molecule has 0 bridgehead atoms. The van der Waals surface area contributed by atoms with Gasteiger partial charge in [0.05, 0.1) is 28.9 Å². The van der Waals surface area contributed by atoms with Gasteiger partial charge in [-0.1, -0.05) is 24.3 Å². The van der Waals surface area contributed by atoms with Crippen LogP contribution in [0.2, 0.25) is 0 Å². The van der Waals surface area contributed by atoms with Crippen molar-refractivity contribution in [3.63, 3.8) is 0 Å². The molecule has 10 heteroatoms. The summed E-state index contributed by atoms with van der Waals surface area (Å²) >= 11 is 0. The highest BCUT2D eigenvalue weighted by atomic mass is 16.5. The number of rotatable bonds is 4. The molecule has 2 aromatic carbocycles. The van der Waals surface area contributed by atoms with Crippen LogP contribution < -0.4 is 11.3 Å². The van der Waals surface area contributed by atoms with Crippen LogP contribution in [-0.2, 0) is 9.53 Å². The standard InChI is InChI=1S/C12H12N2O4.C8H6N2O2/c1-2-18-10(15)7-13-14-11(16)8-5-3-4-6-9(8)12(14)17;9-10-7(11)5-3-1-2-4-6(5)8(10)12/h3-6,13H,2,7H2,1H3;1-4H,9H2. The van der Waals surface area contributed by atoms with Gasteiger partial charge in [0.1, 0.15) is 6.54 Å². The minimum atomic E-state index is -0.519. The minimum absolute atomic E-state index is 0.223. The summed E-state index contributed by atoms with van der Waals surface area (Å²) in [5.41, 5.74) is 3.90. The minimum Gasteiger partial charge on any atom is -0.465 e. The third-order valence-electron chi connectivity index (χ3n) is 4.31. The largest absolute Gasteiger partial charge is 0.465 e. The highest BCUT2D eigenvalue weighted by Crippen LogP contribution is 2.20. The molecule has 4 rings (SSSR count). The van der Waals surface area contributed by atoms with Crippen molar-refractivity contribution in [1.29, 1.82) is 0 Å². The van der Waals surface area contributed by atoms with E-state index in [9.17, 15) is 24.0 Å². The van der Waals surface area contributed by atoms with Crippen molar-refractivity contribution in [2.45, 2.75) is 6.92 Å². The molecule has 0 saturated heterocycles. The second-order valence-corrected chi connectivity index (χ2v) is 6.16. The van der Waals surface area contributed by atoms with Gasteiger partial charge in [-0.2, -0.15) is 0 Å². The normalized spacial score (nSPS) is 14.3. The first-order valence-corrected chi connectivity index (χ1v) is 8.96. The van der Waals surface area contributed by atoms with Gasteiger partial charge >= 0.3 is 5.97 Å². The van der Waals surface area contributed by atoms with Crippen LogP contribution in [0.1, 0.15) is 48.4 Å². The molecule has 0 fully saturated rings. The summed E-state index contributed by atoms with van der Waals surface area (Å²) < 4.78 is 4.70. The predicted octanol–water partition coefficient (Wildman–Crippen LogP) is 0.507. The summed E-state index contributed by atoms with van der Waals surface area (Å²) in [4.78, 5) is 57.3. The summed E-state index contributed by atoms with van der Waals surface area (Å²) in [7, 11) is 0. The van der Waals surface area contributed by atoms with Gasteiger partial charge < -0.3 is 4.74 Å². The molecule has 3 N–H and O–H groups in total. The number of hydrogen-bond acceptors (Lipinski definition) is 8. The van der Waals surface area contributed by atoms with E-state index in [2.05, 4.69) is 5.43 Å². The fraction of sp³-hybridized carbons (Fsp3) is 0.150.